The van der Waals surface area contributed by atoms with Crippen molar-refractivity contribution >= 4 is 5.91 Å². The van der Waals surface area contributed by atoms with Crippen LogP contribution in [0.4, 0.5) is 0 Å². The second-order valence-electron chi connectivity index (χ2n) is 9.04. The van der Waals surface area contributed by atoms with Crippen molar-refractivity contribution < 1.29 is 13.7 Å². The lowest BCUT2D eigenvalue weighted by Gasteiger charge is -2.57. The van der Waals surface area contributed by atoms with Crippen molar-refractivity contribution in [2.24, 2.45) is 23.2 Å². The molecule has 5 fully saturated rings. The molecule has 136 valence electrons. The predicted octanol–water partition coefficient (Wildman–Crippen LogP) is 3.47. The van der Waals surface area contributed by atoms with Gasteiger partial charge in [-0.3, -0.25) is 4.79 Å². The summed E-state index contributed by atoms with van der Waals surface area (Å²) in [4.78, 5) is 19.8. The summed E-state index contributed by atoms with van der Waals surface area (Å²) in [6.45, 7) is 1.42. The van der Waals surface area contributed by atoms with Crippen molar-refractivity contribution in [3.8, 4) is 11.6 Å². The molecule has 3 heterocycles. The van der Waals surface area contributed by atoms with E-state index in [-0.39, 0.29) is 11.3 Å². The molecule has 1 saturated heterocycles. The Kier molecular flexibility index (Phi) is 3.00. The molecular weight excluding hydrogens is 330 g/mol. The molecule has 0 spiro atoms. The SMILES string of the molecule is O=C(N1CC(c2nc(-c3ccco3)no2)C1)C12CC3CC(CC(C3)C1)C2. The Balaban J connectivity index is 1.15. The second-order valence-corrected chi connectivity index (χ2v) is 9.04. The van der Waals surface area contributed by atoms with Crippen LogP contribution in [0, 0.1) is 23.2 Å². The van der Waals surface area contributed by atoms with Crippen LogP contribution in [0.15, 0.2) is 27.3 Å². The van der Waals surface area contributed by atoms with Crippen LogP contribution in [-0.2, 0) is 4.79 Å². The van der Waals surface area contributed by atoms with Gasteiger partial charge in [0.05, 0.1) is 17.6 Å². The Hall–Kier alpha value is -2.11. The Bertz CT molecular complexity index is 799. The number of hydrogen-bond donors (Lipinski definition) is 0. The van der Waals surface area contributed by atoms with Crippen LogP contribution in [0.3, 0.4) is 0 Å². The van der Waals surface area contributed by atoms with Crippen molar-refractivity contribution in [3.63, 3.8) is 0 Å². The van der Waals surface area contributed by atoms with Gasteiger partial charge in [0.15, 0.2) is 5.76 Å². The first kappa shape index (κ1) is 15.0. The van der Waals surface area contributed by atoms with Crippen molar-refractivity contribution in [1.82, 2.24) is 15.0 Å². The molecule has 4 saturated carbocycles. The van der Waals surface area contributed by atoms with Crippen LogP contribution < -0.4 is 0 Å². The van der Waals surface area contributed by atoms with Crippen LogP contribution in [0.5, 0.6) is 0 Å². The normalized spacial score (nSPS) is 35.7. The molecule has 0 N–H and O–H groups in total. The minimum atomic E-state index is -0.0477. The van der Waals surface area contributed by atoms with Crippen LogP contribution in [-0.4, -0.2) is 34.0 Å². The summed E-state index contributed by atoms with van der Waals surface area (Å²) in [6.07, 6.45) is 9.08. The Labute approximate surface area is 151 Å². The minimum Gasteiger partial charge on any atom is -0.461 e. The highest BCUT2D eigenvalue weighted by molar-refractivity contribution is 5.84. The molecule has 0 radical (unpaired) electrons. The van der Waals surface area contributed by atoms with Gasteiger partial charge >= 0.3 is 0 Å². The fraction of sp³-hybridized carbons (Fsp3) is 0.650. The van der Waals surface area contributed by atoms with E-state index in [0.29, 0.717) is 36.5 Å². The number of likely N-dealkylation sites (tertiary alicyclic amines) is 1. The Morgan fingerprint density at radius 3 is 2.42 bits per heavy atom. The highest BCUT2D eigenvalue weighted by Gasteiger charge is 2.56. The Morgan fingerprint density at radius 1 is 1.12 bits per heavy atom. The first-order chi connectivity index (χ1) is 12.7. The summed E-state index contributed by atoms with van der Waals surface area (Å²) < 4.78 is 10.7. The zero-order valence-electron chi connectivity index (χ0n) is 14.8. The number of amides is 1. The highest BCUT2D eigenvalue weighted by Crippen LogP contribution is 2.60. The van der Waals surface area contributed by atoms with Gasteiger partial charge in [-0.05, 0) is 68.4 Å². The Morgan fingerprint density at radius 2 is 1.81 bits per heavy atom. The molecule has 6 nitrogen and oxygen atoms in total. The van der Waals surface area contributed by atoms with Gasteiger partial charge in [0, 0.05) is 13.1 Å². The zero-order chi connectivity index (χ0) is 17.3. The van der Waals surface area contributed by atoms with Crippen LogP contribution in [0.25, 0.3) is 11.6 Å². The molecule has 7 rings (SSSR count). The summed E-state index contributed by atoms with van der Waals surface area (Å²) in [5.41, 5.74) is -0.0477. The number of carbonyl (C=O) groups is 1. The van der Waals surface area contributed by atoms with E-state index in [0.717, 1.165) is 37.0 Å². The lowest BCUT2D eigenvalue weighted by Crippen LogP contribution is -2.59. The first-order valence-electron chi connectivity index (χ1n) is 9.85. The van der Waals surface area contributed by atoms with Gasteiger partial charge in [0.25, 0.3) is 0 Å². The van der Waals surface area contributed by atoms with E-state index in [1.165, 1.54) is 19.3 Å². The fourth-order valence-electron chi connectivity index (χ4n) is 6.42. The van der Waals surface area contributed by atoms with Gasteiger partial charge in [0.2, 0.25) is 17.6 Å². The smallest absolute Gasteiger partial charge is 0.238 e. The number of rotatable bonds is 3. The molecule has 2 aromatic heterocycles. The van der Waals surface area contributed by atoms with Crippen molar-refractivity contribution in [3.05, 3.63) is 24.3 Å². The maximum Gasteiger partial charge on any atom is 0.238 e. The van der Waals surface area contributed by atoms with Gasteiger partial charge in [0.1, 0.15) is 0 Å². The van der Waals surface area contributed by atoms with Gasteiger partial charge in [-0.1, -0.05) is 5.16 Å². The zero-order valence-corrected chi connectivity index (χ0v) is 14.8. The lowest BCUT2D eigenvalue weighted by molar-refractivity contribution is -0.162. The van der Waals surface area contributed by atoms with E-state index in [1.807, 2.05) is 11.0 Å². The summed E-state index contributed by atoms with van der Waals surface area (Å²) >= 11 is 0. The average Bonchev–Trinajstić information content (AvgIpc) is 3.23. The molecule has 4 bridgehead atoms. The van der Waals surface area contributed by atoms with Gasteiger partial charge in [-0.25, -0.2) is 0 Å². The number of hydrogen-bond acceptors (Lipinski definition) is 5. The second kappa shape index (κ2) is 5.21. The minimum absolute atomic E-state index is 0.0477. The molecule has 0 unspecified atom stereocenters. The van der Waals surface area contributed by atoms with Crippen LogP contribution in [0.1, 0.15) is 50.3 Å². The number of carbonyl (C=O) groups excluding carboxylic acids is 1. The predicted molar refractivity (Wildman–Crippen MR) is 91.9 cm³/mol. The maximum absolute atomic E-state index is 13.3. The fourth-order valence-corrected chi connectivity index (χ4v) is 6.42. The first-order valence-corrected chi connectivity index (χ1v) is 9.85. The third-order valence-electron chi connectivity index (χ3n) is 7.19. The molecule has 0 atom stereocenters. The molecule has 0 aromatic carbocycles. The van der Waals surface area contributed by atoms with Gasteiger partial charge in [-0.2, -0.15) is 4.98 Å². The molecular formula is C20H23N3O3. The van der Waals surface area contributed by atoms with Crippen molar-refractivity contribution in [1.29, 1.82) is 0 Å². The largest absolute Gasteiger partial charge is 0.461 e. The summed E-state index contributed by atoms with van der Waals surface area (Å²) in [5, 5.41) is 4.00. The van der Waals surface area contributed by atoms with Crippen LogP contribution >= 0.6 is 0 Å². The third-order valence-corrected chi connectivity index (χ3v) is 7.19. The van der Waals surface area contributed by atoms with Gasteiger partial charge in [-0.15, -0.1) is 0 Å². The van der Waals surface area contributed by atoms with E-state index in [2.05, 4.69) is 10.1 Å². The molecule has 1 amide bonds. The van der Waals surface area contributed by atoms with E-state index < -0.39 is 0 Å². The molecule has 26 heavy (non-hydrogen) atoms. The number of nitrogens with zero attached hydrogens (tertiary/aromatic N) is 3. The van der Waals surface area contributed by atoms with E-state index in [1.54, 1.807) is 12.3 Å². The van der Waals surface area contributed by atoms with E-state index >= 15 is 0 Å². The van der Waals surface area contributed by atoms with Crippen molar-refractivity contribution in [2.75, 3.05) is 13.1 Å². The average molecular weight is 353 g/mol. The monoisotopic (exact) mass is 353 g/mol. The standard InChI is InChI=1S/C20H23N3O3/c24-19(20-7-12-4-13(8-20)6-14(5-12)9-20)23-10-15(11-23)18-21-17(22-26-18)16-2-1-3-25-16/h1-3,12-15H,4-11H2. The quantitative estimate of drug-likeness (QED) is 0.845. The molecule has 2 aromatic rings. The highest BCUT2D eigenvalue weighted by atomic mass is 16.5. The number of aromatic nitrogens is 2. The lowest BCUT2D eigenvalue weighted by atomic mass is 9.49. The maximum atomic E-state index is 13.3. The number of furan rings is 1. The summed E-state index contributed by atoms with van der Waals surface area (Å²) in [7, 11) is 0. The van der Waals surface area contributed by atoms with Crippen LogP contribution in [0.2, 0.25) is 0 Å². The van der Waals surface area contributed by atoms with Gasteiger partial charge < -0.3 is 13.8 Å². The summed E-state index contributed by atoms with van der Waals surface area (Å²) in [6, 6.07) is 3.62. The third kappa shape index (κ3) is 2.14. The van der Waals surface area contributed by atoms with Crippen molar-refractivity contribution in [2.45, 2.75) is 44.4 Å². The van der Waals surface area contributed by atoms with E-state index in [4.69, 9.17) is 8.94 Å². The molecule has 1 aliphatic heterocycles. The summed E-state index contributed by atoms with van der Waals surface area (Å²) in [5.74, 6) is 4.67. The molecule has 6 heteroatoms. The molecule has 4 aliphatic carbocycles. The molecule has 5 aliphatic rings. The topological polar surface area (TPSA) is 72.4 Å². The van der Waals surface area contributed by atoms with E-state index in [9.17, 15) is 4.79 Å².